The van der Waals surface area contributed by atoms with Crippen LogP contribution in [-0.4, -0.2) is 22.1 Å². The number of carbonyl (C=O) groups is 1. The van der Waals surface area contributed by atoms with Crippen LogP contribution in [0.5, 0.6) is 5.75 Å². The molecule has 0 unspecified atom stereocenters. The minimum atomic E-state index is -4.44. The van der Waals surface area contributed by atoms with Gasteiger partial charge in [0.05, 0.1) is 11.0 Å². The van der Waals surface area contributed by atoms with Crippen molar-refractivity contribution in [1.29, 1.82) is 0 Å². The van der Waals surface area contributed by atoms with Gasteiger partial charge in [-0.25, -0.2) is 4.79 Å². The number of rotatable bonds is 4. The van der Waals surface area contributed by atoms with E-state index in [1.54, 1.807) is 0 Å². The highest BCUT2D eigenvalue weighted by Gasteiger charge is 2.43. The first-order valence-corrected chi connectivity index (χ1v) is 4.71. The smallest absolute Gasteiger partial charge is 0.474 e. The number of carboxylic acid groups (broad SMARTS) is 1. The summed E-state index contributed by atoms with van der Waals surface area (Å²) >= 11 is 0. The van der Waals surface area contributed by atoms with E-state index in [9.17, 15) is 23.7 Å². The van der Waals surface area contributed by atoms with E-state index in [0.29, 0.717) is 0 Å². The van der Waals surface area contributed by atoms with E-state index in [-0.39, 0.29) is 11.1 Å². The second-order valence-corrected chi connectivity index (χ2v) is 3.59. The molecule has 0 atom stereocenters. The normalized spacial score (nSPS) is 11.1. The van der Waals surface area contributed by atoms with E-state index in [4.69, 9.17) is 5.11 Å². The topological polar surface area (TPSA) is 89.7 Å². The van der Waals surface area contributed by atoms with Crippen LogP contribution >= 0.6 is 0 Å². The molecule has 1 rings (SSSR count). The number of nitrogens with zero attached hydrogens (tertiary/aromatic N) is 1. The molecule has 0 saturated carbocycles. The highest BCUT2D eigenvalue weighted by atomic mass is 19.3. The monoisotopic (exact) mass is 261 g/mol. The summed E-state index contributed by atoms with van der Waals surface area (Å²) in [6.45, 7) is 2.81. The average molecular weight is 261 g/mol. The summed E-state index contributed by atoms with van der Waals surface area (Å²) in [5, 5.41) is 18.8. The van der Waals surface area contributed by atoms with Gasteiger partial charge in [-0.05, 0) is 25.5 Å². The van der Waals surface area contributed by atoms with E-state index in [0.717, 1.165) is 6.07 Å². The van der Waals surface area contributed by atoms with Gasteiger partial charge in [0.25, 0.3) is 5.69 Å². The third-order valence-corrected chi connectivity index (χ3v) is 2.18. The number of benzene rings is 1. The lowest BCUT2D eigenvalue weighted by Gasteiger charge is -2.15. The molecule has 0 radical (unpaired) electrons. The van der Waals surface area contributed by atoms with Crippen molar-refractivity contribution in [2.45, 2.75) is 20.0 Å². The average Bonchev–Trinajstić information content (AvgIpc) is 2.21. The molecule has 0 amide bonds. The Morgan fingerprint density at radius 2 is 1.94 bits per heavy atom. The zero-order valence-corrected chi connectivity index (χ0v) is 9.44. The van der Waals surface area contributed by atoms with Crippen LogP contribution in [0.2, 0.25) is 0 Å². The largest absolute Gasteiger partial charge is 0.501 e. The lowest BCUT2D eigenvalue weighted by atomic mass is 10.1. The molecule has 0 heterocycles. The first kappa shape index (κ1) is 13.8. The number of ether oxygens (including phenoxy) is 1. The molecule has 0 saturated heterocycles. The molecule has 0 aliphatic carbocycles. The lowest BCUT2D eigenvalue weighted by molar-refractivity contribution is -0.385. The molecule has 0 fully saturated rings. The fourth-order valence-electron chi connectivity index (χ4n) is 1.31. The van der Waals surface area contributed by atoms with Crippen LogP contribution in [0.15, 0.2) is 12.1 Å². The zero-order valence-electron chi connectivity index (χ0n) is 9.44. The van der Waals surface area contributed by atoms with Gasteiger partial charge in [-0.3, -0.25) is 10.1 Å². The first-order valence-electron chi connectivity index (χ1n) is 4.71. The number of halogens is 2. The quantitative estimate of drug-likeness (QED) is 0.663. The molecule has 0 aromatic heterocycles. The summed E-state index contributed by atoms with van der Waals surface area (Å²) in [6, 6.07) is 2.05. The Bertz CT molecular complexity index is 515. The van der Waals surface area contributed by atoms with Crippen LogP contribution in [0.3, 0.4) is 0 Å². The molecule has 0 aliphatic rings. The SMILES string of the molecule is Cc1cc(C)c([N+](=O)[O-])cc1OC(F)(F)C(=O)O. The van der Waals surface area contributed by atoms with Crippen LogP contribution < -0.4 is 4.74 Å². The van der Waals surface area contributed by atoms with Gasteiger partial charge in [0.15, 0.2) is 0 Å². The van der Waals surface area contributed by atoms with Crippen molar-refractivity contribution < 1.29 is 28.3 Å². The van der Waals surface area contributed by atoms with Crippen LogP contribution in [0.25, 0.3) is 0 Å². The third-order valence-electron chi connectivity index (χ3n) is 2.18. The van der Waals surface area contributed by atoms with Crippen molar-refractivity contribution in [3.8, 4) is 5.75 Å². The Hall–Kier alpha value is -2.25. The second kappa shape index (κ2) is 4.55. The standard InChI is InChI=1S/C10H9F2NO5/c1-5-3-6(2)8(4-7(5)13(16)17)18-10(11,12)9(14)15/h3-4H,1-2H3,(H,14,15). The summed E-state index contributed by atoms with van der Waals surface area (Å²) < 4.78 is 29.7. The zero-order chi connectivity index (χ0) is 14.1. The molecule has 6 nitrogen and oxygen atoms in total. The van der Waals surface area contributed by atoms with E-state index in [1.165, 1.54) is 19.9 Å². The maximum Gasteiger partial charge on any atom is 0.501 e. The van der Waals surface area contributed by atoms with Gasteiger partial charge in [-0.15, -0.1) is 0 Å². The van der Waals surface area contributed by atoms with Gasteiger partial charge >= 0.3 is 12.1 Å². The molecule has 0 spiro atoms. The number of aryl methyl sites for hydroxylation is 2. The number of hydrogen-bond donors (Lipinski definition) is 1. The van der Waals surface area contributed by atoms with Gasteiger partial charge in [0.2, 0.25) is 0 Å². The maximum atomic E-state index is 12.9. The van der Waals surface area contributed by atoms with Crippen LogP contribution in [0, 0.1) is 24.0 Å². The fraction of sp³-hybridized carbons (Fsp3) is 0.300. The molecule has 1 aromatic rings. The van der Waals surface area contributed by atoms with Gasteiger partial charge < -0.3 is 9.84 Å². The number of carboxylic acids is 1. The Kier molecular flexibility index (Phi) is 3.49. The third kappa shape index (κ3) is 2.70. The minimum Gasteiger partial charge on any atom is -0.474 e. The van der Waals surface area contributed by atoms with Crippen LogP contribution in [0.1, 0.15) is 11.1 Å². The van der Waals surface area contributed by atoms with Gasteiger partial charge in [0, 0.05) is 5.56 Å². The summed E-state index contributed by atoms with van der Waals surface area (Å²) in [7, 11) is 0. The van der Waals surface area contributed by atoms with Gasteiger partial charge in [0.1, 0.15) is 5.75 Å². The molecular formula is C10H9F2NO5. The van der Waals surface area contributed by atoms with E-state index >= 15 is 0 Å². The highest BCUT2D eigenvalue weighted by Crippen LogP contribution is 2.31. The van der Waals surface area contributed by atoms with Crippen LogP contribution in [0.4, 0.5) is 14.5 Å². The molecule has 98 valence electrons. The van der Waals surface area contributed by atoms with E-state index < -0.39 is 28.4 Å². The summed E-state index contributed by atoms with van der Waals surface area (Å²) in [5.74, 6) is -3.01. The lowest BCUT2D eigenvalue weighted by Crippen LogP contribution is -2.35. The fourth-order valence-corrected chi connectivity index (χ4v) is 1.31. The number of aliphatic carboxylic acids is 1. The van der Waals surface area contributed by atoms with Crippen molar-refractivity contribution in [2.24, 2.45) is 0 Å². The van der Waals surface area contributed by atoms with Gasteiger partial charge in [-0.2, -0.15) is 8.78 Å². The van der Waals surface area contributed by atoms with E-state index in [2.05, 4.69) is 4.74 Å². The van der Waals surface area contributed by atoms with Crippen molar-refractivity contribution in [3.63, 3.8) is 0 Å². The second-order valence-electron chi connectivity index (χ2n) is 3.59. The molecule has 0 aliphatic heterocycles. The Labute approximate surface area is 99.9 Å². The van der Waals surface area contributed by atoms with Crippen molar-refractivity contribution in [2.75, 3.05) is 0 Å². The highest BCUT2D eigenvalue weighted by molar-refractivity contribution is 5.74. The molecular weight excluding hydrogens is 252 g/mol. The predicted octanol–water partition coefficient (Wildman–Crippen LogP) is 2.27. The molecule has 0 bridgehead atoms. The maximum absolute atomic E-state index is 12.9. The summed E-state index contributed by atoms with van der Waals surface area (Å²) in [6.07, 6.45) is -4.44. The number of hydrogen-bond acceptors (Lipinski definition) is 4. The van der Waals surface area contributed by atoms with Crippen LogP contribution in [-0.2, 0) is 4.79 Å². The Morgan fingerprint density at radius 3 is 2.39 bits per heavy atom. The molecule has 1 aromatic carbocycles. The predicted molar refractivity (Wildman–Crippen MR) is 55.8 cm³/mol. The minimum absolute atomic E-state index is 0.180. The molecule has 18 heavy (non-hydrogen) atoms. The first-order chi connectivity index (χ1) is 8.15. The molecule has 1 N–H and O–H groups in total. The number of alkyl halides is 2. The number of nitro benzene ring substituents is 1. The Morgan fingerprint density at radius 1 is 1.39 bits per heavy atom. The van der Waals surface area contributed by atoms with Crippen molar-refractivity contribution in [3.05, 3.63) is 33.4 Å². The Balaban J connectivity index is 3.22. The van der Waals surface area contributed by atoms with Crippen molar-refractivity contribution in [1.82, 2.24) is 0 Å². The summed E-state index contributed by atoms with van der Waals surface area (Å²) in [4.78, 5) is 20.1. The molecule has 8 heteroatoms. The van der Waals surface area contributed by atoms with Gasteiger partial charge in [-0.1, -0.05) is 0 Å². The number of nitro groups is 1. The summed E-state index contributed by atoms with van der Waals surface area (Å²) in [5.41, 5.74) is 0.0271. The van der Waals surface area contributed by atoms with Crippen molar-refractivity contribution >= 4 is 11.7 Å². The van der Waals surface area contributed by atoms with E-state index in [1.807, 2.05) is 0 Å².